The summed E-state index contributed by atoms with van der Waals surface area (Å²) in [6, 6.07) is 7.78. The molecule has 3 nitrogen and oxygen atoms in total. The van der Waals surface area contributed by atoms with Crippen molar-refractivity contribution in [3.8, 4) is 0 Å². The highest BCUT2D eigenvalue weighted by atomic mass is 16.2. The zero-order valence-electron chi connectivity index (χ0n) is 7.86. The minimum absolute atomic E-state index is 0.0426. The van der Waals surface area contributed by atoms with Crippen LogP contribution in [0.1, 0.15) is 0 Å². The lowest BCUT2D eigenvalue weighted by Gasteiger charge is -2.29. The van der Waals surface area contributed by atoms with Gasteiger partial charge in [0.25, 0.3) is 5.91 Å². The van der Waals surface area contributed by atoms with Gasteiger partial charge in [0.15, 0.2) is 0 Å². The fourth-order valence-corrected chi connectivity index (χ4v) is 1.62. The molecule has 14 heavy (non-hydrogen) atoms. The van der Waals surface area contributed by atoms with Gasteiger partial charge in [-0.15, -0.1) is 0 Å². The summed E-state index contributed by atoms with van der Waals surface area (Å²) in [6.45, 7) is 4.98. The molecule has 0 radical (unpaired) electrons. The van der Waals surface area contributed by atoms with E-state index in [4.69, 9.17) is 0 Å². The summed E-state index contributed by atoms with van der Waals surface area (Å²) in [7, 11) is 0. The summed E-state index contributed by atoms with van der Waals surface area (Å²) in [5.74, 6) is -0.0426. The van der Waals surface area contributed by atoms with Crippen molar-refractivity contribution < 1.29 is 4.79 Å². The van der Waals surface area contributed by atoms with E-state index in [9.17, 15) is 4.79 Å². The van der Waals surface area contributed by atoms with Crippen LogP contribution in [0.3, 0.4) is 0 Å². The Morgan fingerprint density at radius 1 is 1.50 bits per heavy atom. The number of para-hydroxylation sites is 2. The summed E-state index contributed by atoms with van der Waals surface area (Å²) in [4.78, 5) is 13.2. The molecule has 0 aromatic heterocycles. The Hall–Kier alpha value is -1.77. The van der Waals surface area contributed by atoms with Gasteiger partial charge in [-0.1, -0.05) is 18.7 Å². The Morgan fingerprint density at radius 3 is 3.07 bits per heavy atom. The number of rotatable bonds is 1. The molecule has 1 amide bonds. The van der Waals surface area contributed by atoms with E-state index in [-0.39, 0.29) is 5.91 Å². The van der Waals surface area contributed by atoms with Gasteiger partial charge in [0.05, 0.1) is 11.4 Å². The van der Waals surface area contributed by atoms with Gasteiger partial charge < -0.3 is 10.2 Å². The molecule has 1 aromatic rings. The van der Waals surface area contributed by atoms with Crippen molar-refractivity contribution in [2.24, 2.45) is 0 Å². The van der Waals surface area contributed by atoms with E-state index in [0.717, 1.165) is 17.9 Å². The highest BCUT2D eigenvalue weighted by molar-refractivity contribution is 6.03. The molecule has 0 aliphatic carbocycles. The molecule has 72 valence electrons. The molecule has 0 fully saturated rings. The van der Waals surface area contributed by atoms with Crippen LogP contribution in [0.5, 0.6) is 0 Å². The molecule has 1 aliphatic heterocycles. The predicted octanol–water partition coefficient (Wildman–Crippen LogP) is 1.63. The van der Waals surface area contributed by atoms with E-state index < -0.39 is 0 Å². The number of hydrogen-bond acceptors (Lipinski definition) is 2. The first-order valence-corrected chi connectivity index (χ1v) is 4.60. The second kappa shape index (κ2) is 3.54. The van der Waals surface area contributed by atoms with Crippen LogP contribution < -0.4 is 10.2 Å². The number of hydrogen-bond donors (Lipinski definition) is 1. The van der Waals surface area contributed by atoms with Crippen LogP contribution in [-0.2, 0) is 4.79 Å². The van der Waals surface area contributed by atoms with E-state index >= 15 is 0 Å². The molecule has 1 aromatic carbocycles. The third kappa shape index (κ3) is 1.37. The molecule has 0 saturated heterocycles. The number of fused-ring (bicyclic) bond motifs is 1. The molecule has 1 aliphatic rings. The van der Waals surface area contributed by atoms with Crippen molar-refractivity contribution in [1.82, 2.24) is 0 Å². The fraction of sp³-hybridized carbons (Fsp3) is 0.182. The van der Waals surface area contributed by atoms with Crippen LogP contribution in [0, 0.1) is 0 Å². The van der Waals surface area contributed by atoms with Crippen molar-refractivity contribution in [1.29, 1.82) is 0 Å². The Bertz CT molecular complexity index is 373. The van der Waals surface area contributed by atoms with E-state index in [2.05, 4.69) is 11.9 Å². The number of carbonyl (C=O) groups is 1. The molecule has 0 bridgehead atoms. The van der Waals surface area contributed by atoms with E-state index in [1.165, 1.54) is 6.08 Å². The van der Waals surface area contributed by atoms with Crippen molar-refractivity contribution in [3.63, 3.8) is 0 Å². The quantitative estimate of drug-likeness (QED) is 0.679. The molecule has 0 saturated carbocycles. The maximum absolute atomic E-state index is 11.5. The molecule has 3 heteroatoms. The molecule has 1 N–H and O–H groups in total. The van der Waals surface area contributed by atoms with Crippen LogP contribution in [0.25, 0.3) is 0 Å². The van der Waals surface area contributed by atoms with Gasteiger partial charge in [0.2, 0.25) is 0 Å². The van der Waals surface area contributed by atoms with Crippen LogP contribution in [0.15, 0.2) is 36.9 Å². The fourth-order valence-electron chi connectivity index (χ4n) is 1.62. The Balaban J connectivity index is 2.40. The molecule has 2 rings (SSSR count). The van der Waals surface area contributed by atoms with Crippen molar-refractivity contribution >= 4 is 17.3 Å². The predicted molar refractivity (Wildman–Crippen MR) is 57.5 cm³/mol. The van der Waals surface area contributed by atoms with E-state index in [1.807, 2.05) is 24.3 Å². The van der Waals surface area contributed by atoms with E-state index in [1.54, 1.807) is 4.90 Å². The van der Waals surface area contributed by atoms with Crippen LogP contribution in [0.4, 0.5) is 11.4 Å². The van der Waals surface area contributed by atoms with Crippen LogP contribution >= 0.6 is 0 Å². The first-order valence-electron chi connectivity index (χ1n) is 4.60. The summed E-state index contributed by atoms with van der Waals surface area (Å²) in [5.41, 5.74) is 1.94. The van der Waals surface area contributed by atoms with E-state index in [0.29, 0.717) is 6.54 Å². The van der Waals surface area contributed by atoms with Crippen molar-refractivity contribution in [2.45, 2.75) is 0 Å². The Morgan fingerprint density at radius 2 is 2.29 bits per heavy atom. The van der Waals surface area contributed by atoms with Gasteiger partial charge in [0.1, 0.15) is 0 Å². The standard InChI is InChI=1S/C11H12N2O/c1-2-11(14)13-8-7-12-9-5-3-4-6-10(9)13/h2-6,12H,1,7-8H2. The van der Waals surface area contributed by atoms with Crippen LogP contribution in [-0.4, -0.2) is 19.0 Å². The monoisotopic (exact) mass is 188 g/mol. The lowest BCUT2D eigenvalue weighted by molar-refractivity contribution is -0.114. The summed E-state index contributed by atoms with van der Waals surface area (Å²) >= 11 is 0. The van der Waals surface area contributed by atoms with Gasteiger partial charge in [-0.05, 0) is 18.2 Å². The maximum atomic E-state index is 11.5. The Kier molecular flexibility index (Phi) is 2.23. The molecule has 0 spiro atoms. The SMILES string of the molecule is C=CC(=O)N1CCNc2ccccc21. The average molecular weight is 188 g/mol. The van der Waals surface area contributed by atoms with Crippen molar-refractivity contribution in [3.05, 3.63) is 36.9 Å². The minimum Gasteiger partial charge on any atom is -0.382 e. The maximum Gasteiger partial charge on any atom is 0.250 e. The third-order valence-electron chi connectivity index (χ3n) is 2.29. The molecular weight excluding hydrogens is 176 g/mol. The summed E-state index contributed by atoms with van der Waals surface area (Å²) in [6.07, 6.45) is 1.35. The van der Waals surface area contributed by atoms with Crippen LogP contribution in [0.2, 0.25) is 0 Å². The topological polar surface area (TPSA) is 32.3 Å². The zero-order chi connectivity index (χ0) is 9.97. The van der Waals surface area contributed by atoms with Gasteiger partial charge >= 0.3 is 0 Å². The summed E-state index contributed by atoms with van der Waals surface area (Å²) in [5, 5.41) is 3.24. The van der Waals surface area contributed by atoms with Gasteiger partial charge in [-0.2, -0.15) is 0 Å². The Labute approximate surface area is 83.0 Å². The van der Waals surface area contributed by atoms with Gasteiger partial charge in [-0.3, -0.25) is 4.79 Å². The third-order valence-corrected chi connectivity index (χ3v) is 2.29. The smallest absolute Gasteiger partial charge is 0.250 e. The number of nitrogens with zero attached hydrogens (tertiary/aromatic N) is 1. The van der Waals surface area contributed by atoms with Gasteiger partial charge in [-0.25, -0.2) is 0 Å². The second-order valence-corrected chi connectivity index (χ2v) is 3.14. The highest BCUT2D eigenvalue weighted by Crippen LogP contribution is 2.28. The lowest BCUT2D eigenvalue weighted by atomic mass is 10.2. The lowest BCUT2D eigenvalue weighted by Crippen LogP contribution is -2.37. The first-order chi connectivity index (χ1) is 6.83. The van der Waals surface area contributed by atoms with Crippen molar-refractivity contribution in [2.75, 3.05) is 23.3 Å². The molecule has 1 heterocycles. The number of carbonyl (C=O) groups excluding carboxylic acids is 1. The first kappa shape index (κ1) is 8.81. The minimum atomic E-state index is -0.0426. The molecule has 0 atom stereocenters. The second-order valence-electron chi connectivity index (χ2n) is 3.14. The molecular formula is C11H12N2O. The largest absolute Gasteiger partial charge is 0.382 e. The average Bonchev–Trinajstić information content (AvgIpc) is 2.27. The zero-order valence-corrected chi connectivity index (χ0v) is 7.86. The number of amides is 1. The summed E-state index contributed by atoms with van der Waals surface area (Å²) < 4.78 is 0. The van der Waals surface area contributed by atoms with Gasteiger partial charge in [0, 0.05) is 13.1 Å². The number of nitrogens with one attached hydrogen (secondary N) is 1. The number of benzene rings is 1. The normalized spacial score (nSPS) is 14.1. The number of anilines is 2. The highest BCUT2D eigenvalue weighted by Gasteiger charge is 2.19. The molecule has 0 unspecified atom stereocenters.